The zero-order valence-corrected chi connectivity index (χ0v) is 12.8. The van der Waals surface area contributed by atoms with Crippen LogP contribution in [0.1, 0.15) is 20.8 Å². The molecule has 0 fully saturated rings. The standard InChI is InChI=1S/C15H24N4O2/c1-4-19(9-14(20)17-11(2)3)10-15(21)18-13-7-5-6-12(16)8-13/h5-8,11H,4,9-10,16H2,1-3H3,(H,17,20)(H,18,21). The average molecular weight is 292 g/mol. The van der Waals surface area contributed by atoms with E-state index in [-0.39, 0.29) is 30.9 Å². The van der Waals surface area contributed by atoms with Gasteiger partial charge in [0.05, 0.1) is 13.1 Å². The maximum atomic E-state index is 12.0. The summed E-state index contributed by atoms with van der Waals surface area (Å²) >= 11 is 0. The molecule has 0 saturated carbocycles. The van der Waals surface area contributed by atoms with Gasteiger partial charge in [0.25, 0.3) is 0 Å². The molecule has 6 nitrogen and oxygen atoms in total. The molecule has 4 N–H and O–H groups in total. The predicted octanol–water partition coefficient (Wildman–Crippen LogP) is 1.05. The Bertz CT molecular complexity index is 488. The van der Waals surface area contributed by atoms with E-state index in [9.17, 15) is 9.59 Å². The van der Waals surface area contributed by atoms with Crippen LogP contribution in [-0.4, -0.2) is 42.4 Å². The van der Waals surface area contributed by atoms with Gasteiger partial charge in [0, 0.05) is 17.4 Å². The summed E-state index contributed by atoms with van der Waals surface area (Å²) in [5.41, 5.74) is 6.91. The highest BCUT2D eigenvalue weighted by Crippen LogP contribution is 2.11. The second-order valence-corrected chi connectivity index (χ2v) is 5.20. The summed E-state index contributed by atoms with van der Waals surface area (Å²) in [6.07, 6.45) is 0. The minimum atomic E-state index is -0.167. The highest BCUT2D eigenvalue weighted by molar-refractivity contribution is 5.93. The number of rotatable bonds is 7. The lowest BCUT2D eigenvalue weighted by atomic mass is 10.3. The first-order valence-corrected chi connectivity index (χ1v) is 7.07. The molecule has 0 aliphatic heterocycles. The third-order valence-electron chi connectivity index (χ3n) is 2.80. The molecule has 0 heterocycles. The summed E-state index contributed by atoms with van der Waals surface area (Å²) in [7, 11) is 0. The van der Waals surface area contributed by atoms with Crippen LogP contribution in [0.2, 0.25) is 0 Å². The van der Waals surface area contributed by atoms with Crippen LogP contribution in [0.25, 0.3) is 0 Å². The molecule has 1 aromatic rings. The van der Waals surface area contributed by atoms with Crippen molar-refractivity contribution in [2.45, 2.75) is 26.8 Å². The normalized spacial score (nSPS) is 10.7. The van der Waals surface area contributed by atoms with Crippen LogP contribution in [0.15, 0.2) is 24.3 Å². The van der Waals surface area contributed by atoms with Crippen molar-refractivity contribution >= 4 is 23.2 Å². The fraction of sp³-hybridized carbons (Fsp3) is 0.467. The molecule has 0 atom stereocenters. The van der Waals surface area contributed by atoms with Crippen LogP contribution in [0.3, 0.4) is 0 Å². The van der Waals surface area contributed by atoms with Gasteiger partial charge in [-0.2, -0.15) is 0 Å². The SMILES string of the molecule is CCN(CC(=O)Nc1cccc(N)c1)CC(=O)NC(C)C. The lowest BCUT2D eigenvalue weighted by Gasteiger charge is -2.20. The maximum Gasteiger partial charge on any atom is 0.238 e. The van der Waals surface area contributed by atoms with E-state index >= 15 is 0 Å². The number of nitrogens with one attached hydrogen (secondary N) is 2. The number of benzene rings is 1. The van der Waals surface area contributed by atoms with Gasteiger partial charge in [-0.15, -0.1) is 0 Å². The number of carbonyl (C=O) groups is 2. The van der Waals surface area contributed by atoms with Gasteiger partial charge in [0.15, 0.2) is 0 Å². The van der Waals surface area contributed by atoms with Crippen LogP contribution in [0, 0.1) is 0 Å². The first-order chi connectivity index (χ1) is 9.90. The third-order valence-corrected chi connectivity index (χ3v) is 2.80. The molecule has 0 radical (unpaired) electrons. The highest BCUT2D eigenvalue weighted by atomic mass is 16.2. The molecule has 0 spiro atoms. The molecule has 1 rings (SSSR count). The second-order valence-electron chi connectivity index (χ2n) is 5.20. The Kier molecular flexibility index (Phi) is 6.68. The number of nitrogens with two attached hydrogens (primary N) is 1. The Morgan fingerprint density at radius 3 is 2.48 bits per heavy atom. The number of hydrogen-bond acceptors (Lipinski definition) is 4. The average Bonchev–Trinajstić information content (AvgIpc) is 2.36. The zero-order chi connectivity index (χ0) is 15.8. The van der Waals surface area contributed by atoms with Gasteiger partial charge in [0.2, 0.25) is 11.8 Å². The Balaban J connectivity index is 2.49. The van der Waals surface area contributed by atoms with Crippen LogP contribution in [-0.2, 0) is 9.59 Å². The van der Waals surface area contributed by atoms with Crippen LogP contribution in [0.4, 0.5) is 11.4 Å². The molecule has 21 heavy (non-hydrogen) atoms. The molecule has 0 bridgehead atoms. The second kappa shape index (κ2) is 8.26. The summed E-state index contributed by atoms with van der Waals surface area (Å²) < 4.78 is 0. The van der Waals surface area contributed by atoms with E-state index in [1.807, 2.05) is 20.8 Å². The van der Waals surface area contributed by atoms with Crippen molar-refractivity contribution in [3.8, 4) is 0 Å². The quantitative estimate of drug-likeness (QED) is 0.656. The molecule has 0 aliphatic carbocycles. The molecule has 2 amide bonds. The van der Waals surface area contributed by atoms with Gasteiger partial charge in [0.1, 0.15) is 0 Å². The Morgan fingerprint density at radius 2 is 1.90 bits per heavy atom. The van der Waals surface area contributed by atoms with E-state index < -0.39 is 0 Å². The molecular weight excluding hydrogens is 268 g/mol. The first kappa shape index (κ1) is 17.0. The molecule has 0 aromatic heterocycles. The summed E-state index contributed by atoms with van der Waals surface area (Å²) in [4.78, 5) is 25.5. The van der Waals surface area contributed by atoms with E-state index in [1.165, 1.54) is 0 Å². The van der Waals surface area contributed by atoms with Gasteiger partial charge >= 0.3 is 0 Å². The lowest BCUT2D eigenvalue weighted by molar-refractivity contribution is -0.123. The Morgan fingerprint density at radius 1 is 1.24 bits per heavy atom. The third kappa shape index (κ3) is 6.76. The van der Waals surface area contributed by atoms with Gasteiger partial charge < -0.3 is 16.4 Å². The highest BCUT2D eigenvalue weighted by Gasteiger charge is 2.13. The number of nitrogens with zero attached hydrogens (tertiary/aromatic N) is 1. The van der Waals surface area contributed by atoms with Gasteiger partial charge in [-0.25, -0.2) is 0 Å². The largest absolute Gasteiger partial charge is 0.399 e. The topological polar surface area (TPSA) is 87.5 Å². The van der Waals surface area contributed by atoms with E-state index in [0.717, 1.165) is 0 Å². The predicted molar refractivity (Wildman–Crippen MR) is 84.9 cm³/mol. The van der Waals surface area contributed by atoms with Crippen molar-refractivity contribution in [2.75, 3.05) is 30.7 Å². The molecule has 116 valence electrons. The van der Waals surface area contributed by atoms with Crippen molar-refractivity contribution < 1.29 is 9.59 Å². The van der Waals surface area contributed by atoms with E-state index in [2.05, 4.69) is 10.6 Å². The first-order valence-electron chi connectivity index (χ1n) is 7.07. The van der Waals surface area contributed by atoms with Crippen LogP contribution < -0.4 is 16.4 Å². The number of carbonyl (C=O) groups excluding carboxylic acids is 2. The number of hydrogen-bond donors (Lipinski definition) is 3. The van der Waals surface area contributed by atoms with Crippen LogP contribution >= 0.6 is 0 Å². The smallest absolute Gasteiger partial charge is 0.238 e. The summed E-state index contributed by atoms with van der Waals surface area (Å²) in [6, 6.07) is 7.09. The lowest BCUT2D eigenvalue weighted by Crippen LogP contribution is -2.42. The Labute approximate surface area is 125 Å². The van der Waals surface area contributed by atoms with Crippen molar-refractivity contribution in [1.82, 2.24) is 10.2 Å². The molecule has 0 aliphatic rings. The fourth-order valence-electron chi connectivity index (χ4n) is 1.87. The van der Waals surface area contributed by atoms with Crippen LogP contribution in [0.5, 0.6) is 0 Å². The number of anilines is 2. The molecule has 1 aromatic carbocycles. The minimum absolute atomic E-state index is 0.0800. The fourth-order valence-corrected chi connectivity index (χ4v) is 1.87. The van der Waals surface area contributed by atoms with Crippen molar-refractivity contribution in [3.63, 3.8) is 0 Å². The van der Waals surface area contributed by atoms with E-state index in [4.69, 9.17) is 5.73 Å². The van der Waals surface area contributed by atoms with Crippen molar-refractivity contribution in [3.05, 3.63) is 24.3 Å². The number of amides is 2. The number of nitrogen functional groups attached to an aromatic ring is 1. The maximum absolute atomic E-state index is 12.0. The van der Waals surface area contributed by atoms with Gasteiger partial charge in [-0.3, -0.25) is 14.5 Å². The van der Waals surface area contributed by atoms with Gasteiger partial charge in [-0.1, -0.05) is 13.0 Å². The molecule has 6 heteroatoms. The molecular formula is C15H24N4O2. The number of likely N-dealkylation sites (N-methyl/N-ethyl adjacent to an activating group) is 1. The van der Waals surface area contributed by atoms with Gasteiger partial charge in [-0.05, 0) is 38.6 Å². The van der Waals surface area contributed by atoms with Crippen molar-refractivity contribution in [1.29, 1.82) is 0 Å². The summed E-state index contributed by atoms with van der Waals surface area (Å²) in [6.45, 7) is 6.71. The summed E-state index contributed by atoms with van der Waals surface area (Å²) in [5.74, 6) is -0.247. The van der Waals surface area contributed by atoms with Crippen molar-refractivity contribution in [2.24, 2.45) is 0 Å². The minimum Gasteiger partial charge on any atom is -0.399 e. The molecule has 0 saturated heterocycles. The molecule has 0 unspecified atom stereocenters. The van der Waals surface area contributed by atoms with E-state index in [1.54, 1.807) is 29.2 Å². The monoisotopic (exact) mass is 292 g/mol. The zero-order valence-electron chi connectivity index (χ0n) is 12.8. The Hall–Kier alpha value is -2.08. The van der Waals surface area contributed by atoms with E-state index in [0.29, 0.717) is 17.9 Å². The summed E-state index contributed by atoms with van der Waals surface area (Å²) in [5, 5.41) is 5.58.